The van der Waals surface area contributed by atoms with E-state index in [0.29, 0.717) is 19.8 Å². The maximum atomic E-state index is 11.8. The third-order valence-electron chi connectivity index (χ3n) is 2.83. The van der Waals surface area contributed by atoms with Gasteiger partial charge in [-0.2, -0.15) is 0 Å². The lowest BCUT2D eigenvalue weighted by Crippen LogP contribution is -2.37. The number of rotatable bonds is 6. The van der Waals surface area contributed by atoms with E-state index in [4.69, 9.17) is 10.5 Å². The van der Waals surface area contributed by atoms with Crippen LogP contribution in [-0.4, -0.2) is 28.3 Å². The summed E-state index contributed by atoms with van der Waals surface area (Å²) in [5, 5.41) is 0. The fourth-order valence-electron chi connectivity index (χ4n) is 1.99. The van der Waals surface area contributed by atoms with Crippen molar-refractivity contribution in [3.8, 4) is 0 Å². The second kappa shape index (κ2) is 5.59. The zero-order valence-electron chi connectivity index (χ0n) is 11.5. The largest absolute Gasteiger partial charge is 0.379 e. The van der Waals surface area contributed by atoms with Gasteiger partial charge in [-0.1, -0.05) is 12.1 Å². The van der Waals surface area contributed by atoms with Crippen LogP contribution >= 0.6 is 0 Å². The molecule has 0 bridgehead atoms. The van der Waals surface area contributed by atoms with Gasteiger partial charge in [-0.25, -0.2) is 4.79 Å². The Morgan fingerprint density at radius 2 is 2.11 bits per heavy atom. The molecule has 0 aliphatic rings. The number of nitrogens with zero attached hydrogens (tertiary/aromatic N) is 1. The number of ether oxygens (including phenoxy) is 1. The summed E-state index contributed by atoms with van der Waals surface area (Å²) in [5.74, 6) is 0. The molecule has 19 heavy (non-hydrogen) atoms. The van der Waals surface area contributed by atoms with Crippen LogP contribution in [0.3, 0.4) is 0 Å². The second-order valence-corrected chi connectivity index (χ2v) is 5.49. The van der Waals surface area contributed by atoms with E-state index >= 15 is 0 Å². The Kier molecular flexibility index (Phi) is 4.07. The minimum absolute atomic E-state index is 0.0691. The topological polar surface area (TPSA) is 73.0 Å². The molecule has 0 unspecified atom stereocenters. The number of aromatic amines is 1. The Bertz CT molecular complexity index is 592. The van der Waals surface area contributed by atoms with Crippen LogP contribution in [0.25, 0.3) is 11.0 Å². The predicted octanol–water partition coefficient (Wildman–Crippen LogP) is 1.47. The van der Waals surface area contributed by atoms with Gasteiger partial charge >= 0.3 is 5.69 Å². The molecule has 1 aromatic carbocycles. The highest BCUT2D eigenvalue weighted by Crippen LogP contribution is 2.09. The lowest BCUT2D eigenvalue weighted by Gasteiger charge is -2.18. The van der Waals surface area contributed by atoms with E-state index < -0.39 is 0 Å². The summed E-state index contributed by atoms with van der Waals surface area (Å²) in [6.45, 7) is 5.63. The highest BCUT2D eigenvalue weighted by Gasteiger charge is 2.10. The van der Waals surface area contributed by atoms with Crippen molar-refractivity contribution in [3.63, 3.8) is 0 Å². The van der Waals surface area contributed by atoms with Gasteiger partial charge < -0.3 is 15.5 Å². The molecule has 0 amide bonds. The van der Waals surface area contributed by atoms with Gasteiger partial charge in [0.15, 0.2) is 0 Å². The molecule has 0 saturated carbocycles. The van der Waals surface area contributed by atoms with E-state index in [1.54, 1.807) is 4.57 Å². The van der Waals surface area contributed by atoms with Crippen molar-refractivity contribution in [2.45, 2.75) is 32.4 Å². The van der Waals surface area contributed by atoms with Crippen molar-refractivity contribution in [2.24, 2.45) is 5.73 Å². The number of nitrogens with one attached hydrogen (secondary N) is 1. The van der Waals surface area contributed by atoms with Gasteiger partial charge in [-0.05, 0) is 32.4 Å². The first-order valence-electron chi connectivity index (χ1n) is 6.51. The third kappa shape index (κ3) is 3.68. The van der Waals surface area contributed by atoms with Gasteiger partial charge in [0.1, 0.15) is 0 Å². The van der Waals surface area contributed by atoms with Gasteiger partial charge in [0, 0.05) is 18.7 Å². The molecule has 0 radical (unpaired) electrons. The van der Waals surface area contributed by atoms with Crippen molar-refractivity contribution in [1.29, 1.82) is 0 Å². The van der Waals surface area contributed by atoms with E-state index in [9.17, 15) is 4.79 Å². The van der Waals surface area contributed by atoms with Crippen LogP contribution in [0.1, 0.15) is 20.3 Å². The summed E-state index contributed by atoms with van der Waals surface area (Å²) in [4.78, 5) is 14.6. The molecular weight excluding hydrogens is 242 g/mol. The Hall–Kier alpha value is -1.59. The van der Waals surface area contributed by atoms with E-state index in [0.717, 1.165) is 17.5 Å². The number of aromatic nitrogens is 2. The van der Waals surface area contributed by atoms with Crippen LogP contribution in [-0.2, 0) is 11.3 Å². The highest BCUT2D eigenvalue weighted by atomic mass is 16.5. The van der Waals surface area contributed by atoms with Crippen molar-refractivity contribution in [3.05, 3.63) is 34.7 Å². The first-order valence-corrected chi connectivity index (χ1v) is 6.51. The molecule has 1 aromatic heterocycles. The number of fused-ring (bicyclic) bond motifs is 1. The Morgan fingerprint density at radius 1 is 1.37 bits per heavy atom. The fourth-order valence-corrected chi connectivity index (χ4v) is 1.99. The van der Waals surface area contributed by atoms with Crippen LogP contribution in [0.15, 0.2) is 29.1 Å². The molecule has 5 nitrogen and oxygen atoms in total. The van der Waals surface area contributed by atoms with E-state index in [1.165, 1.54) is 0 Å². The number of aryl methyl sites for hydroxylation is 1. The number of para-hydroxylation sites is 2. The maximum Gasteiger partial charge on any atom is 0.326 e. The molecule has 104 valence electrons. The number of imidazole rings is 1. The number of H-pyrrole nitrogens is 1. The van der Waals surface area contributed by atoms with Crippen LogP contribution in [0.5, 0.6) is 0 Å². The summed E-state index contributed by atoms with van der Waals surface area (Å²) < 4.78 is 7.24. The van der Waals surface area contributed by atoms with E-state index in [-0.39, 0.29) is 11.2 Å². The average Bonchev–Trinajstić information content (AvgIpc) is 2.64. The van der Waals surface area contributed by atoms with Gasteiger partial charge in [-0.15, -0.1) is 0 Å². The fraction of sp³-hybridized carbons (Fsp3) is 0.500. The number of nitrogens with two attached hydrogens (primary N) is 1. The van der Waals surface area contributed by atoms with Crippen molar-refractivity contribution >= 4 is 11.0 Å². The van der Waals surface area contributed by atoms with Crippen LogP contribution in [0.4, 0.5) is 0 Å². The first-order chi connectivity index (χ1) is 8.97. The molecule has 5 heteroatoms. The van der Waals surface area contributed by atoms with Gasteiger partial charge in [0.2, 0.25) is 0 Å². The zero-order valence-corrected chi connectivity index (χ0v) is 11.5. The van der Waals surface area contributed by atoms with Crippen molar-refractivity contribution in [2.75, 3.05) is 13.2 Å². The summed E-state index contributed by atoms with van der Waals surface area (Å²) in [6.07, 6.45) is 0.790. The van der Waals surface area contributed by atoms with Gasteiger partial charge in [0.25, 0.3) is 0 Å². The molecule has 0 atom stereocenters. The molecular formula is C14H21N3O2. The lowest BCUT2D eigenvalue weighted by atomic mass is 10.1. The maximum absolute atomic E-state index is 11.8. The Labute approximate surface area is 112 Å². The zero-order chi connectivity index (χ0) is 13.9. The smallest absolute Gasteiger partial charge is 0.326 e. The summed E-state index contributed by atoms with van der Waals surface area (Å²) in [6, 6.07) is 7.69. The highest BCUT2D eigenvalue weighted by molar-refractivity contribution is 5.74. The van der Waals surface area contributed by atoms with Crippen molar-refractivity contribution in [1.82, 2.24) is 9.55 Å². The number of benzene rings is 1. The quantitative estimate of drug-likeness (QED) is 0.775. The van der Waals surface area contributed by atoms with Crippen molar-refractivity contribution < 1.29 is 4.74 Å². The predicted molar refractivity (Wildman–Crippen MR) is 76.3 cm³/mol. The molecule has 2 rings (SSSR count). The SMILES string of the molecule is CC(C)(N)COCCCn1c(=O)[nH]c2ccccc21. The third-order valence-corrected chi connectivity index (χ3v) is 2.83. The minimum atomic E-state index is -0.308. The van der Waals surface area contributed by atoms with Crippen LogP contribution < -0.4 is 11.4 Å². The Morgan fingerprint density at radius 3 is 2.84 bits per heavy atom. The number of hydrogen-bond donors (Lipinski definition) is 2. The molecule has 0 aliphatic carbocycles. The number of hydrogen-bond acceptors (Lipinski definition) is 3. The van der Waals surface area contributed by atoms with E-state index in [1.807, 2.05) is 38.1 Å². The molecule has 1 heterocycles. The summed E-state index contributed by atoms with van der Waals surface area (Å²) >= 11 is 0. The Balaban J connectivity index is 1.92. The van der Waals surface area contributed by atoms with Gasteiger partial charge in [-0.3, -0.25) is 4.57 Å². The monoisotopic (exact) mass is 263 g/mol. The molecule has 0 fully saturated rings. The average molecular weight is 263 g/mol. The molecule has 2 aromatic rings. The molecule has 0 saturated heterocycles. The lowest BCUT2D eigenvalue weighted by molar-refractivity contribution is 0.0932. The summed E-state index contributed by atoms with van der Waals surface area (Å²) in [7, 11) is 0. The normalized spacial score (nSPS) is 12.2. The summed E-state index contributed by atoms with van der Waals surface area (Å²) in [5.41, 5.74) is 7.26. The van der Waals surface area contributed by atoms with Gasteiger partial charge in [0.05, 0.1) is 17.6 Å². The molecule has 3 N–H and O–H groups in total. The molecule has 0 aliphatic heterocycles. The van der Waals surface area contributed by atoms with Crippen LogP contribution in [0, 0.1) is 0 Å². The second-order valence-electron chi connectivity index (χ2n) is 5.49. The van der Waals surface area contributed by atoms with Crippen LogP contribution in [0.2, 0.25) is 0 Å². The standard InChI is InChI=1S/C14H21N3O2/c1-14(2,15)10-19-9-5-8-17-12-7-4-3-6-11(12)16-13(17)18/h3-4,6-7H,5,8-10,15H2,1-2H3,(H,16,18). The van der Waals surface area contributed by atoms with E-state index in [2.05, 4.69) is 4.98 Å². The minimum Gasteiger partial charge on any atom is -0.379 e. The molecule has 0 spiro atoms. The first kappa shape index (κ1) is 13.8.